The highest BCUT2D eigenvalue weighted by Crippen LogP contribution is 2.38. The third-order valence-corrected chi connectivity index (χ3v) is 5.25. The average Bonchev–Trinajstić information content (AvgIpc) is 2.99. The van der Waals surface area contributed by atoms with Crippen LogP contribution in [-0.4, -0.2) is 38.1 Å². The van der Waals surface area contributed by atoms with E-state index in [4.69, 9.17) is 5.11 Å². The van der Waals surface area contributed by atoms with Crippen molar-refractivity contribution in [1.82, 2.24) is 4.57 Å². The second-order valence-electron chi connectivity index (χ2n) is 8.17. The summed E-state index contributed by atoms with van der Waals surface area (Å²) < 4.78 is 15.7. The summed E-state index contributed by atoms with van der Waals surface area (Å²) in [5.41, 5.74) is 4.77. The molecule has 2 aromatic carbocycles. The van der Waals surface area contributed by atoms with Gasteiger partial charge in [-0.05, 0) is 56.7 Å². The predicted molar refractivity (Wildman–Crippen MR) is 120 cm³/mol. The average molecular weight is 426 g/mol. The molecule has 0 aliphatic rings. The normalized spacial score (nSPS) is 13.9. The van der Waals surface area contributed by atoms with Crippen LogP contribution >= 0.6 is 0 Å². The Morgan fingerprint density at radius 1 is 1.13 bits per heavy atom. The molecule has 5 nitrogen and oxygen atoms in total. The molecule has 164 valence electrons. The highest BCUT2D eigenvalue weighted by molar-refractivity contribution is 6.01. The summed E-state index contributed by atoms with van der Waals surface area (Å²) in [5, 5.41) is 30.0. The zero-order chi connectivity index (χ0) is 22.7. The number of rotatable bonds is 8. The lowest BCUT2D eigenvalue weighted by Crippen LogP contribution is -2.19. The van der Waals surface area contributed by atoms with Gasteiger partial charge in [0.1, 0.15) is 5.82 Å². The number of aliphatic carboxylic acids is 1. The molecule has 3 N–H and O–H groups in total. The molecule has 3 rings (SSSR count). The molecule has 31 heavy (non-hydrogen) atoms. The van der Waals surface area contributed by atoms with Gasteiger partial charge in [-0.2, -0.15) is 0 Å². The topological polar surface area (TPSA) is 82.7 Å². The monoisotopic (exact) mass is 425 g/mol. The fourth-order valence-corrected chi connectivity index (χ4v) is 3.93. The van der Waals surface area contributed by atoms with Crippen LogP contribution in [0.5, 0.6) is 0 Å². The van der Waals surface area contributed by atoms with Crippen LogP contribution in [0.25, 0.3) is 28.1 Å². The van der Waals surface area contributed by atoms with E-state index in [1.54, 1.807) is 24.3 Å². The van der Waals surface area contributed by atoms with E-state index in [0.29, 0.717) is 0 Å². The maximum Gasteiger partial charge on any atom is 0.305 e. The Morgan fingerprint density at radius 2 is 1.81 bits per heavy atom. The number of carboxylic acid groups (broad SMARTS) is 1. The van der Waals surface area contributed by atoms with Crippen molar-refractivity contribution in [3.05, 3.63) is 65.6 Å². The van der Waals surface area contributed by atoms with Crippen molar-refractivity contribution in [2.45, 2.75) is 51.9 Å². The Morgan fingerprint density at radius 3 is 2.42 bits per heavy atom. The van der Waals surface area contributed by atoms with E-state index in [1.807, 2.05) is 13.0 Å². The maximum atomic E-state index is 13.6. The number of aryl methyl sites for hydroxylation is 1. The van der Waals surface area contributed by atoms with Gasteiger partial charge >= 0.3 is 5.97 Å². The van der Waals surface area contributed by atoms with Crippen LogP contribution in [0.1, 0.15) is 44.0 Å². The van der Waals surface area contributed by atoms with Gasteiger partial charge in [0.15, 0.2) is 0 Å². The highest BCUT2D eigenvalue weighted by atomic mass is 19.1. The van der Waals surface area contributed by atoms with E-state index >= 15 is 0 Å². The van der Waals surface area contributed by atoms with Crippen LogP contribution < -0.4 is 0 Å². The first-order chi connectivity index (χ1) is 14.7. The number of nitrogens with zero attached hydrogens (tertiary/aromatic N) is 1. The molecular formula is C25H28FNO4. The number of carboxylic acids is 1. The summed E-state index contributed by atoms with van der Waals surface area (Å²) in [6.07, 6.45) is 0.736. The fourth-order valence-electron chi connectivity index (χ4n) is 3.93. The van der Waals surface area contributed by atoms with Crippen LogP contribution in [0.15, 0.2) is 48.5 Å². The third kappa shape index (κ3) is 5.21. The zero-order valence-corrected chi connectivity index (χ0v) is 17.9. The Balaban J connectivity index is 2.12. The van der Waals surface area contributed by atoms with Crippen LogP contribution in [0.2, 0.25) is 0 Å². The number of halogens is 1. The first-order valence-corrected chi connectivity index (χ1v) is 10.3. The second-order valence-corrected chi connectivity index (χ2v) is 8.17. The first kappa shape index (κ1) is 22.7. The number of aromatic nitrogens is 1. The molecule has 3 aromatic rings. The smallest absolute Gasteiger partial charge is 0.305 e. The van der Waals surface area contributed by atoms with Gasteiger partial charge in [0.25, 0.3) is 0 Å². The van der Waals surface area contributed by atoms with Crippen molar-refractivity contribution in [3.63, 3.8) is 0 Å². The number of aliphatic hydroxyl groups excluding tert-OH is 2. The summed E-state index contributed by atoms with van der Waals surface area (Å²) in [6, 6.07) is 12.6. The van der Waals surface area contributed by atoms with Crippen molar-refractivity contribution < 1.29 is 24.5 Å². The van der Waals surface area contributed by atoms with E-state index < -0.39 is 24.6 Å². The molecule has 0 spiro atoms. The Hall–Kier alpha value is -2.96. The first-order valence-electron chi connectivity index (χ1n) is 10.3. The molecule has 0 fully saturated rings. The van der Waals surface area contributed by atoms with E-state index in [9.17, 15) is 19.4 Å². The molecule has 2 atom stereocenters. The molecule has 0 saturated carbocycles. The minimum Gasteiger partial charge on any atom is -0.481 e. The minimum absolute atomic E-state index is 0.0737. The highest BCUT2D eigenvalue weighted by Gasteiger charge is 2.20. The number of fused-ring (bicyclic) bond motifs is 1. The van der Waals surface area contributed by atoms with Crippen molar-refractivity contribution in [2.24, 2.45) is 0 Å². The second kappa shape index (κ2) is 9.45. The Labute approximate surface area is 181 Å². The lowest BCUT2D eigenvalue weighted by atomic mass is 10.00. The van der Waals surface area contributed by atoms with Gasteiger partial charge < -0.3 is 19.9 Å². The fraction of sp³-hybridized carbons (Fsp3) is 0.320. The molecule has 0 saturated heterocycles. The molecule has 0 amide bonds. The van der Waals surface area contributed by atoms with Gasteiger partial charge in [0, 0.05) is 34.6 Å². The van der Waals surface area contributed by atoms with Gasteiger partial charge in [0.2, 0.25) is 0 Å². The standard InChI is InChI=1S/C25H28FNO4/c1-15(2)27-22-10-4-16(3)12-21(22)25(17-5-7-18(26)8-6-17)23(27)11-9-19(28)13-20(29)14-24(30)31/h4-12,15,19-20,28-29H,13-14H2,1-3H3,(H,30,31)/b11-9+/t19-,20-/m1/s1. The molecule has 1 aromatic heterocycles. The predicted octanol–water partition coefficient (Wildman–Crippen LogP) is 4.94. The summed E-state index contributed by atoms with van der Waals surface area (Å²) in [7, 11) is 0. The Kier molecular flexibility index (Phi) is 6.93. The van der Waals surface area contributed by atoms with Crippen LogP contribution in [0, 0.1) is 12.7 Å². The zero-order valence-electron chi connectivity index (χ0n) is 17.9. The van der Waals surface area contributed by atoms with Gasteiger partial charge in [-0.25, -0.2) is 4.39 Å². The molecule has 0 unspecified atom stereocenters. The molecule has 1 heterocycles. The quantitative estimate of drug-likeness (QED) is 0.478. The van der Waals surface area contributed by atoms with Crippen LogP contribution in [0.4, 0.5) is 4.39 Å². The lowest BCUT2D eigenvalue weighted by Gasteiger charge is -2.15. The summed E-state index contributed by atoms with van der Waals surface area (Å²) in [6.45, 7) is 6.15. The van der Waals surface area contributed by atoms with Crippen molar-refractivity contribution >= 4 is 22.9 Å². The number of benzene rings is 2. The lowest BCUT2D eigenvalue weighted by molar-refractivity contribution is -0.139. The molecule has 6 heteroatoms. The van der Waals surface area contributed by atoms with E-state index in [0.717, 1.165) is 33.3 Å². The number of carbonyl (C=O) groups is 1. The molecule has 0 bridgehead atoms. The molecule has 0 aliphatic heterocycles. The van der Waals surface area contributed by atoms with Crippen molar-refractivity contribution in [2.75, 3.05) is 0 Å². The molecule has 0 radical (unpaired) electrons. The largest absolute Gasteiger partial charge is 0.481 e. The summed E-state index contributed by atoms with van der Waals surface area (Å²) in [5.74, 6) is -1.43. The van der Waals surface area contributed by atoms with Crippen molar-refractivity contribution in [1.29, 1.82) is 0 Å². The minimum atomic E-state index is -1.13. The van der Waals surface area contributed by atoms with Gasteiger partial charge in [-0.1, -0.05) is 29.8 Å². The van der Waals surface area contributed by atoms with Gasteiger partial charge in [-0.15, -0.1) is 0 Å². The molecule has 0 aliphatic carbocycles. The SMILES string of the molecule is Cc1ccc2c(c1)c(-c1ccc(F)cc1)c(/C=C/[C@@H](O)C[C@@H](O)CC(=O)O)n2C(C)C. The maximum absolute atomic E-state index is 13.6. The van der Waals surface area contributed by atoms with E-state index in [1.165, 1.54) is 12.1 Å². The van der Waals surface area contributed by atoms with Crippen LogP contribution in [-0.2, 0) is 4.79 Å². The number of hydrogen-bond acceptors (Lipinski definition) is 3. The summed E-state index contributed by atoms with van der Waals surface area (Å²) in [4.78, 5) is 10.8. The third-order valence-electron chi connectivity index (χ3n) is 5.25. The van der Waals surface area contributed by atoms with Crippen LogP contribution in [0.3, 0.4) is 0 Å². The Bertz CT molecular complexity index is 1100. The van der Waals surface area contributed by atoms with Gasteiger partial charge in [-0.3, -0.25) is 4.79 Å². The molecular weight excluding hydrogens is 397 g/mol. The summed E-state index contributed by atoms with van der Waals surface area (Å²) >= 11 is 0. The number of aliphatic hydroxyl groups is 2. The van der Waals surface area contributed by atoms with E-state index in [-0.39, 0.29) is 18.3 Å². The number of hydrogen-bond donors (Lipinski definition) is 3. The van der Waals surface area contributed by atoms with E-state index in [2.05, 4.69) is 30.5 Å². The van der Waals surface area contributed by atoms with Crippen molar-refractivity contribution in [3.8, 4) is 11.1 Å². The van der Waals surface area contributed by atoms with Gasteiger partial charge in [0.05, 0.1) is 18.6 Å².